The summed E-state index contributed by atoms with van der Waals surface area (Å²) in [4.78, 5) is 20.7. The lowest BCUT2D eigenvalue weighted by Crippen LogP contribution is -2.12. The number of benzene rings is 1. The van der Waals surface area contributed by atoms with Gasteiger partial charge < -0.3 is 0 Å². The van der Waals surface area contributed by atoms with Crippen LogP contribution in [-0.2, 0) is 0 Å². The molecule has 1 amide bonds. The summed E-state index contributed by atoms with van der Waals surface area (Å²) in [7, 11) is 0. The van der Waals surface area contributed by atoms with Crippen LogP contribution in [0.4, 0.5) is 5.13 Å². The van der Waals surface area contributed by atoms with Crippen molar-refractivity contribution >= 4 is 45.6 Å². The minimum Gasteiger partial charge on any atom is -0.298 e. The molecule has 0 saturated carbocycles. The van der Waals surface area contributed by atoms with Gasteiger partial charge in [-0.25, -0.2) is 9.97 Å². The van der Waals surface area contributed by atoms with Gasteiger partial charge in [0.05, 0.1) is 16.3 Å². The number of hydrogen-bond donors (Lipinski definition) is 1. The lowest BCUT2D eigenvalue weighted by atomic mass is 9.99. The Morgan fingerprint density at radius 1 is 1.08 bits per heavy atom. The Morgan fingerprint density at radius 2 is 1.80 bits per heavy atom. The summed E-state index contributed by atoms with van der Waals surface area (Å²) >= 11 is 13.0. The van der Waals surface area contributed by atoms with Crippen molar-refractivity contribution in [3.8, 4) is 11.3 Å². The van der Waals surface area contributed by atoms with Crippen LogP contribution in [0.15, 0.2) is 29.8 Å². The van der Waals surface area contributed by atoms with Gasteiger partial charge >= 0.3 is 0 Å². The summed E-state index contributed by atoms with van der Waals surface area (Å²) in [5.74, 6) is -0.330. The van der Waals surface area contributed by atoms with E-state index in [9.17, 15) is 4.79 Å². The number of nitrogens with zero attached hydrogens (tertiary/aromatic N) is 2. The maximum atomic E-state index is 12.3. The van der Waals surface area contributed by atoms with Gasteiger partial charge in [0.1, 0.15) is 5.15 Å². The van der Waals surface area contributed by atoms with Gasteiger partial charge in [-0.3, -0.25) is 10.1 Å². The number of pyridine rings is 1. The Kier molecular flexibility index (Phi) is 5.08. The quantitative estimate of drug-likeness (QED) is 0.583. The number of anilines is 1. The number of nitrogens with one attached hydrogen (secondary N) is 1. The van der Waals surface area contributed by atoms with Gasteiger partial charge in [0.2, 0.25) is 0 Å². The second kappa shape index (κ2) is 7.12. The zero-order valence-corrected chi connectivity index (χ0v) is 16.2. The Hall–Kier alpha value is -1.95. The molecule has 0 aliphatic heterocycles. The molecule has 4 nitrogen and oxygen atoms in total. The topological polar surface area (TPSA) is 54.9 Å². The molecule has 2 aromatic heterocycles. The number of carbonyl (C=O) groups is 1. The van der Waals surface area contributed by atoms with Gasteiger partial charge in [-0.05, 0) is 49.6 Å². The van der Waals surface area contributed by atoms with Gasteiger partial charge in [0.15, 0.2) is 5.13 Å². The molecule has 0 unspecified atom stereocenters. The number of thiazole rings is 1. The zero-order chi connectivity index (χ0) is 18.1. The van der Waals surface area contributed by atoms with Crippen LogP contribution in [0.2, 0.25) is 10.2 Å². The molecule has 3 rings (SSSR count). The molecule has 0 bridgehead atoms. The fraction of sp³-hybridized carbons (Fsp3) is 0.167. The standard InChI is InChI=1S/C18H15Cl2N3OS/c1-9-4-11(3)13(5-10(9)2)15-8-25-18(22-15)23-17(24)12-6-14(19)16(20)21-7-12/h4-8H,1-3H3,(H,22,23,24). The van der Waals surface area contributed by atoms with Crippen LogP contribution >= 0.6 is 34.5 Å². The first-order chi connectivity index (χ1) is 11.8. The summed E-state index contributed by atoms with van der Waals surface area (Å²) in [6.07, 6.45) is 1.38. The molecule has 1 N–H and O–H groups in total. The van der Waals surface area contributed by atoms with Crippen molar-refractivity contribution in [2.75, 3.05) is 5.32 Å². The van der Waals surface area contributed by atoms with E-state index in [4.69, 9.17) is 23.2 Å². The first-order valence-electron chi connectivity index (χ1n) is 7.51. The van der Waals surface area contributed by atoms with Crippen LogP contribution in [0.25, 0.3) is 11.3 Å². The number of aryl methyl sites for hydroxylation is 3. The van der Waals surface area contributed by atoms with Crippen LogP contribution in [0.5, 0.6) is 0 Å². The third kappa shape index (κ3) is 3.84. The van der Waals surface area contributed by atoms with E-state index in [2.05, 4.69) is 48.2 Å². The predicted molar refractivity (Wildman–Crippen MR) is 104 cm³/mol. The van der Waals surface area contributed by atoms with E-state index in [0.717, 1.165) is 16.8 Å². The van der Waals surface area contributed by atoms with E-state index in [-0.39, 0.29) is 16.1 Å². The maximum absolute atomic E-state index is 12.3. The molecular formula is C18H15Cl2N3OS. The molecule has 0 aliphatic carbocycles. The number of amides is 1. The highest BCUT2D eigenvalue weighted by Gasteiger charge is 2.13. The molecule has 1 aromatic carbocycles. The van der Waals surface area contributed by atoms with Crippen molar-refractivity contribution in [1.29, 1.82) is 0 Å². The Bertz CT molecular complexity index is 969. The Morgan fingerprint density at radius 3 is 2.52 bits per heavy atom. The van der Waals surface area contributed by atoms with Gasteiger partial charge in [-0.15, -0.1) is 11.3 Å². The first kappa shape index (κ1) is 17.9. The molecule has 0 spiro atoms. The lowest BCUT2D eigenvalue weighted by Gasteiger charge is -2.07. The second-order valence-corrected chi connectivity index (χ2v) is 7.36. The van der Waals surface area contributed by atoms with Crippen LogP contribution in [0, 0.1) is 20.8 Å². The highest BCUT2D eigenvalue weighted by Crippen LogP contribution is 2.30. The summed E-state index contributed by atoms with van der Waals surface area (Å²) in [5, 5.41) is 5.62. The van der Waals surface area contributed by atoms with Crippen molar-refractivity contribution in [3.63, 3.8) is 0 Å². The van der Waals surface area contributed by atoms with E-state index >= 15 is 0 Å². The summed E-state index contributed by atoms with van der Waals surface area (Å²) in [5.41, 5.74) is 5.84. The lowest BCUT2D eigenvalue weighted by molar-refractivity contribution is 0.102. The van der Waals surface area contributed by atoms with E-state index in [1.165, 1.54) is 34.7 Å². The highest BCUT2D eigenvalue weighted by atomic mass is 35.5. The van der Waals surface area contributed by atoms with Gasteiger partial charge in [0.25, 0.3) is 5.91 Å². The molecular weight excluding hydrogens is 377 g/mol. The van der Waals surface area contributed by atoms with E-state index in [1.807, 2.05) is 5.38 Å². The summed E-state index contributed by atoms with van der Waals surface area (Å²) in [6, 6.07) is 5.74. The Labute approximate surface area is 159 Å². The average molecular weight is 392 g/mol. The normalized spacial score (nSPS) is 10.8. The predicted octanol–water partition coefficient (Wildman–Crippen LogP) is 5.69. The van der Waals surface area contributed by atoms with Gasteiger partial charge in [-0.2, -0.15) is 0 Å². The number of hydrogen-bond acceptors (Lipinski definition) is 4. The Balaban J connectivity index is 1.83. The number of aromatic nitrogens is 2. The monoisotopic (exact) mass is 391 g/mol. The van der Waals surface area contributed by atoms with E-state index in [1.54, 1.807) is 0 Å². The third-order valence-electron chi connectivity index (χ3n) is 3.90. The van der Waals surface area contributed by atoms with Crippen molar-refractivity contribution in [2.24, 2.45) is 0 Å². The molecule has 0 saturated heterocycles. The minimum atomic E-state index is -0.330. The molecule has 25 heavy (non-hydrogen) atoms. The van der Waals surface area contributed by atoms with Crippen LogP contribution < -0.4 is 5.32 Å². The summed E-state index contributed by atoms with van der Waals surface area (Å²) < 4.78 is 0. The number of rotatable bonds is 3. The summed E-state index contributed by atoms with van der Waals surface area (Å²) in [6.45, 7) is 6.22. The largest absolute Gasteiger partial charge is 0.298 e. The number of carbonyl (C=O) groups excluding carboxylic acids is 1. The molecule has 128 valence electrons. The molecule has 0 aliphatic rings. The molecule has 3 aromatic rings. The van der Waals surface area contributed by atoms with Gasteiger partial charge in [-0.1, -0.05) is 29.3 Å². The van der Waals surface area contributed by atoms with Crippen LogP contribution in [-0.4, -0.2) is 15.9 Å². The molecule has 0 atom stereocenters. The number of halogens is 2. The maximum Gasteiger partial charge on any atom is 0.259 e. The van der Waals surface area contributed by atoms with E-state index in [0.29, 0.717) is 10.7 Å². The molecule has 0 radical (unpaired) electrons. The smallest absolute Gasteiger partial charge is 0.259 e. The third-order valence-corrected chi connectivity index (χ3v) is 5.34. The van der Waals surface area contributed by atoms with Crippen molar-refractivity contribution in [3.05, 3.63) is 62.2 Å². The molecule has 2 heterocycles. The molecule has 7 heteroatoms. The van der Waals surface area contributed by atoms with Gasteiger partial charge in [0, 0.05) is 17.1 Å². The fourth-order valence-electron chi connectivity index (χ4n) is 2.41. The van der Waals surface area contributed by atoms with Crippen LogP contribution in [0.1, 0.15) is 27.0 Å². The van der Waals surface area contributed by atoms with E-state index < -0.39 is 0 Å². The minimum absolute atomic E-state index is 0.167. The van der Waals surface area contributed by atoms with Crippen LogP contribution in [0.3, 0.4) is 0 Å². The fourth-order valence-corrected chi connectivity index (χ4v) is 3.38. The highest BCUT2D eigenvalue weighted by molar-refractivity contribution is 7.14. The zero-order valence-electron chi connectivity index (χ0n) is 13.9. The first-order valence-corrected chi connectivity index (χ1v) is 9.15. The molecule has 0 fully saturated rings. The van der Waals surface area contributed by atoms with Crippen molar-refractivity contribution < 1.29 is 4.79 Å². The van der Waals surface area contributed by atoms with Crippen molar-refractivity contribution in [2.45, 2.75) is 20.8 Å². The van der Waals surface area contributed by atoms with Crippen molar-refractivity contribution in [1.82, 2.24) is 9.97 Å². The SMILES string of the molecule is Cc1cc(C)c(-c2csc(NC(=O)c3cnc(Cl)c(Cl)c3)n2)cc1C. The second-order valence-electron chi connectivity index (χ2n) is 5.74. The average Bonchev–Trinajstić information content (AvgIpc) is 3.01.